The second-order valence-electron chi connectivity index (χ2n) is 16.3. The van der Waals surface area contributed by atoms with Gasteiger partial charge >= 0.3 is 6.09 Å². The first-order chi connectivity index (χ1) is 27.1. The summed E-state index contributed by atoms with van der Waals surface area (Å²) in [5, 5.41) is 20.5. The number of benzene rings is 1. The number of hydrogen-bond acceptors (Lipinski definition) is 10. The van der Waals surface area contributed by atoms with Crippen LogP contribution in [0.3, 0.4) is 0 Å². The Kier molecular flexibility index (Phi) is 19.3. The average molecular weight is 839 g/mol. The van der Waals surface area contributed by atoms with Gasteiger partial charge in [-0.25, -0.2) is 13.6 Å². The number of likely N-dealkylation sites (N-methyl/N-ethyl adjacent to an activating group) is 1. The molecule has 0 radical (unpaired) electrons. The highest BCUT2D eigenvalue weighted by molar-refractivity contribution is 6.38. The number of nitrogens with one attached hydrogen (secondary N) is 4. The van der Waals surface area contributed by atoms with Gasteiger partial charge < -0.3 is 45.6 Å². The first kappa shape index (κ1) is 50.4. The van der Waals surface area contributed by atoms with Crippen molar-refractivity contribution in [2.75, 3.05) is 34.3 Å². The van der Waals surface area contributed by atoms with Crippen molar-refractivity contribution in [2.24, 2.45) is 11.8 Å². The van der Waals surface area contributed by atoms with Crippen molar-refractivity contribution in [2.45, 2.75) is 135 Å². The van der Waals surface area contributed by atoms with Crippen LogP contribution in [0.1, 0.15) is 105 Å². The van der Waals surface area contributed by atoms with Crippen molar-refractivity contribution >= 4 is 41.4 Å². The van der Waals surface area contributed by atoms with Crippen LogP contribution in [0.25, 0.3) is 0 Å². The summed E-state index contributed by atoms with van der Waals surface area (Å²) in [7, 11) is 4.35. The number of ether oxygens (including phenoxy) is 2. The summed E-state index contributed by atoms with van der Waals surface area (Å²) in [5.41, 5.74) is -0.842. The summed E-state index contributed by atoms with van der Waals surface area (Å²) in [6, 6.07) is 2.99. The Balaban J connectivity index is 0.0000120. The normalized spacial score (nSPS) is 18.7. The van der Waals surface area contributed by atoms with Gasteiger partial charge in [-0.15, -0.1) is 0 Å². The molecule has 16 nitrogen and oxygen atoms in total. The van der Waals surface area contributed by atoms with Crippen LogP contribution in [0.15, 0.2) is 30.3 Å². The van der Waals surface area contributed by atoms with Crippen molar-refractivity contribution in [1.82, 2.24) is 31.1 Å². The van der Waals surface area contributed by atoms with E-state index in [1.165, 1.54) is 58.7 Å². The molecule has 332 valence electrons. The Hall–Kier alpha value is -4.71. The number of likely N-dealkylation sites (tertiary alicyclic amines) is 1. The summed E-state index contributed by atoms with van der Waals surface area (Å²) in [6.45, 7) is 5.36. The van der Waals surface area contributed by atoms with Gasteiger partial charge in [-0.2, -0.15) is 0 Å². The highest BCUT2D eigenvalue weighted by atomic mass is 19.3. The molecular formula is C41H64F2N6O10. The molecule has 0 bridgehead atoms. The Labute approximate surface area is 345 Å². The van der Waals surface area contributed by atoms with E-state index in [1.54, 1.807) is 30.3 Å². The summed E-state index contributed by atoms with van der Waals surface area (Å²) < 4.78 is 37.6. The van der Waals surface area contributed by atoms with Gasteiger partial charge in [0.05, 0.1) is 18.2 Å². The number of alkyl carbamates (subject to hydrolysis) is 1. The van der Waals surface area contributed by atoms with E-state index in [4.69, 9.17) is 9.47 Å². The van der Waals surface area contributed by atoms with Crippen molar-refractivity contribution in [3.63, 3.8) is 0 Å². The van der Waals surface area contributed by atoms with Crippen molar-refractivity contribution in [3.05, 3.63) is 35.9 Å². The van der Waals surface area contributed by atoms with Gasteiger partial charge in [0.25, 0.3) is 5.91 Å². The lowest BCUT2D eigenvalue weighted by atomic mass is 9.83. The number of Topliss-reactive ketones (excluding diaryl/α,β-unsaturated/α-hetero) is 1. The molecule has 1 saturated carbocycles. The number of rotatable bonds is 19. The first-order valence-electron chi connectivity index (χ1n) is 19.7. The molecule has 0 spiro atoms. The van der Waals surface area contributed by atoms with Gasteiger partial charge in [-0.05, 0) is 63.4 Å². The number of alkyl halides is 2. The van der Waals surface area contributed by atoms with Gasteiger partial charge in [0.2, 0.25) is 41.6 Å². The summed E-state index contributed by atoms with van der Waals surface area (Å²) in [4.78, 5) is 96.7. The van der Waals surface area contributed by atoms with Crippen molar-refractivity contribution < 1.29 is 56.9 Å². The molecule has 18 heteroatoms. The monoisotopic (exact) mass is 838 g/mol. The number of nitrogens with zero attached hydrogens (tertiary/aromatic N) is 2. The molecule has 59 heavy (non-hydrogen) atoms. The van der Waals surface area contributed by atoms with Gasteiger partial charge in [0.15, 0.2) is 0 Å². The van der Waals surface area contributed by atoms with E-state index < -0.39 is 109 Å². The molecule has 1 aromatic rings. The highest BCUT2D eigenvalue weighted by Gasteiger charge is 2.47. The first-order valence-corrected chi connectivity index (χ1v) is 19.7. The number of amides is 6. The van der Waals surface area contributed by atoms with Gasteiger partial charge in [-0.1, -0.05) is 57.0 Å². The lowest BCUT2D eigenvalue weighted by Crippen LogP contribution is -2.59. The molecule has 6 amide bonds. The number of ketones is 1. The third-order valence-electron chi connectivity index (χ3n) is 10.4. The fraction of sp³-hybridized carbons (Fsp3) is 0.683. The average Bonchev–Trinajstić information content (AvgIpc) is 3.58. The zero-order valence-corrected chi connectivity index (χ0v) is 34.5. The maximum absolute atomic E-state index is 14.5. The fourth-order valence-electron chi connectivity index (χ4n) is 7.39. The number of carbonyl (C=O) groups excluding carboxylic acids is 7. The number of methoxy groups -OCH3 is 1. The Morgan fingerprint density at radius 3 is 2.10 bits per heavy atom. The van der Waals surface area contributed by atoms with E-state index in [0.717, 1.165) is 19.3 Å². The number of hydrogen-bond donors (Lipinski definition) is 5. The minimum Gasteiger partial charge on any atom is -0.418 e. The van der Waals surface area contributed by atoms with E-state index in [9.17, 15) is 47.4 Å². The Morgan fingerprint density at radius 2 is 1.54 bits per heavy atom. The standard InChI is InChI=1S/C40H60F2N6O10.CH4/c1-39(2,56)22-26-20-21-48(37(54)31(25-16-12-9-13-17-25)46-38(55)58-40(3,4)57-7)32(26)34(51)44-27(18-19-28(41)42)33(50)35(52)43-23-29(49)45-30(36(53)47(5)6)24-14-10-8-11-15-24;/h8,10-11,14-15,25-28,30-32,56H,9,12-13,16-23H2,1-7H3,(H,43,52)(H,44,51)(H,45,49)(H,46,55);1H4/t26-,27?,30?,31?,32?;/m1./s1. The molecule has 1 heterocycles. The third kappa shape index (κ3) is 15.4. The van der Waals surface area contributed by atoms with Crippen LogP contribution < -0.4 is 21.3 Å². The van der Waals surface area contributed by atoms with Crippen LogP contribution in [0.5, 0.6) is 0 Å². The molecule has 1 saturated heterocycles. The number of carbonyl (C=O) groups is 7. The molecule has 1 aliphatic heterocycles. The zero-order chi connectivity index (χ0) is 43.4. The van der Waals surface area contributed by atoms with Crippen LogP contribution in [0.2, 0.25) is 0 Å². The van der Waals surface area contributed by atoms with Gasteiger partial charge in [0, 0.05) is 48.0 Å². The second-order valence-corrected chi connectivity index (χ2v) is 16.3. The van der Waals surface area contributed by atoms with E-state index in [2.05, 4.69) is 21.3 Å². The molecule has 2 fully saturated rings. The van der Waals surface area contributed by atoms with Crippen LogP contribution >= 0.6 is 0 Å². The summed E-state index contributed by atoms with van der Waals surface area (Å²) in [6.07, 6.45) is -1.29. The second kappa shape index (κ2) is 22.6. The van der Waals surface area contributed by atoms with Crippen LogP contribution in [0.4, 0.5) is 13.6 Å². The minimum atomic E-state index is -2.90. The molecule has 5 atom stereocenters. The summed E-state index contributed by atoms with van der Waals surface area (Å²) in [5.74, 6) is -7.76. The SMILES string of the molecule is C.COC(C)(C)OC(=O)NC(C(=O)N1CC[C@H](CC(C)(C)O)C1C(=O)NC(CCC(F)F)C(=O)C(=O)NCC(=O)NC(C(=O)N(C)C)c1ccccc1)C1CCCCC1. The fourth-order valence-corrected chi connectivity index (χ4v) is 7.39. The van der Waals surface area contributed by atoms with Gasteiger partial charge in [-0.3, -0.25) is 28.8 Å². The molecule has 0 aromatic heterocycles. The quantitative estimate of drug-likeness (QED) is 0.101. The van der Waals surface area contributed by atoms with E-state index in [0.29, 0.717) is 18.4 Å². The molecule has 1 aliphatic carbocycles. The van der Waals surface area contributed by atoms with Gasteiger partial charge in [0.1, 0.15) is 18.1 Å². The van der Waals surface area contributed by atoms with Crippen molar-refractivity contribution in [3.8, 4) is 0 Å². The highest BCUT2D eigenvalue weighted by Crippen LogP contribution is 2.35. The predicted molar refractivity (Wildman–Crippen MR) is 214 cm³/mol. The van der Waals surface area contributed by atoms with E-state index in [1.807, 2.05) is 0 Å². The van der Waals surface area contributed by atoms with Crippen LogP contribution in [-0.4, -0.2) is 127 Å². The predicted octanol–water partition coefficient (Wildman–Crippen LogP) is 3.22. The van der Waals surface area contributed by atoms with Crippen LogP contribution in [-0.2, 0) is 38.2 Å². The smallest absolute Gasteiger partial charge is 0.410 e. The molecule has 3 rings (SSSR count). The largest absolute Gasteiger partial charge is 0.418 e. The summed E-state index contributed by atoms with van der Waals surface area (Å²) >= 11 is 0. The maximum atomic E-state index is 14.5. The number of aliphatic hydroxyl groups is 1. The Morgan fingerprint density at radius 1 is 0.915 bits per heavy atom. The zero-order valence-electron chi connectivity index (χ0n) is 34.5. The molecule has 1 aromatic carbocycles. The lowest BCUT2D eigenvalue weighted by molar-refractivity contribution is -0.159. The van der Waals surface area contributed by atoms with Crippen LogP contribution in [0, 0.1) is 11.8 Å². The lowest BCUT2D eigenvalue weighted by Gasteiger charge is -2.36. The molecular weight excluding hydrogens is 774 g/mol. The topological polar surface area (TPSA) is 213 Å². The molecule has 2 aliphatic rings. The third-order valence-corrected chi connectivity index (χ3v) is 10.4. The number of halogens is 2. The Bertz CT molecular complexity index is 1600. The minimum absolute atomic E-state index is 0. The van der Waals surface area contributed by atoms with E-state index >= 15 is 0 Å². The molecule has 5 N–H and O–H groups in total. The van der Waals surface area contributed by atoms with E-state index in [-0.39, 0.29) is 32.7 Å². The maximum Gasteiger partial charge on any atom is 0.410 e. The van der Waals surface area contributed by atoms with Crippen molar-refractivity contribution in [1.29, 1.82) is 0 Å². The molecule has 4 unspecified atom stereocenters.